The molecule has 0 N–H and O–H groups in total. The number of nitrogens with zero attached hydrogens (tertiary/aromatic N) is 3. The lowest BCUT2D eigenvalue weighted by Crippen LogP contribution is -2.39. The molecule has 0 radical (unpaired) electrons. The van der Waals surface area contributed by atoms with Crippen LogP contribution < -0.4 is 4.90 Å². The van der Waals surface area contributed by atoms with Crippen LogP contribution in [0.25, 0.3) is 0 Å². The Kier molecular flexibility index (Phi) is 5.77. The number of hydrogen-bond acceptors (Lipinski definition) is 4. The quantitative estimate of drug-likeness (QED) is 0.783. The van der Waals surface area contributed by atoms with Crippen molar-refractivity contribution in [3.05, 3.63) is 65.2 Å². The summed E-state index contributed by atoms with van der Waals surface area (Å²) in [5.41, 5.74) is 5.68. The summed E-state index contributed by atoms with van der Waals surface area (Å²) in [7, 11) is 4.23. The van der Waals surface area contributed by atoms with E-state index in [9.17, 15) is 0 Å². The first-order valence-corrected chi connectivity index (χ1v) is 10.1. The van der Waals surface area contributed by atoms with Gasteiger partial charge in [-0.15, -0.1) is 0 Å². The molecule has 0 unspecified atom stereocenters. The highest BCUT2D eigenvalue weighted by Gasteiger charge is 2.30. The lowest BCUT2D eigenvalue weighted by molar-refractivity contribution is 0.0356. The molecule has 27 heavy (non-hydrogen) atoms. The minimum absolute atomic E-state index is 0.590. The van der Waals surface area contributed by atoms with Gasteiger partial charge >= 0.3 is 0 Å². The molecule has 1 saturated heterocycles. The SMILES string of the molecule is CN(C)Cc1ccc(CN2C[C@@H](CN3CCOCC3)c3ccccc32)cc1. The Morgan fingerprint density at radius 2 is 1.67 bits per heavy atom. The van der Waals surface area contributed by atoms with Crippen molar-refractivity contribution in [2.75, 3.05) is 58.4 Å². The van der Waals surface area contributed by atoms with E-state index in [0.717, 1.165) is 52.5 Å². The second-order valence-corrected chi connectivity index (χ2v) is 8.10. The largest absolute Gasteiger partial charge is 0.379 e. The van der Waals surface area contributed by atoms with E-state index in [-0.39, 0.29) is 0 Å². The first-order chi connectivity index (χ1) is 13.2. The van der Waals surface area contributed by atoms with Crippen LogP contribution in [0.5, 0.6) is 0 Å². The fraction of sp³-hybridized carbons (Fsp3) is 0.478. The summed E-state index contributed by atoms with van der Waals surface area (Å²) in [5, 5.41) is 0. The average Bonchev–Trinajstić information content (AvgIpc) is 3.01. The van der Waals surface area contributed by atoms with Crippen molar-refractivity contribution >= 4 is 5.69 Å². The van der Waals surface area contributed by atoms with Crippen molar-refractivity contribution in [2.45, 2.75) is 19.0 Å². The van der Waals surface area contributed by atoms with Crippen molar-refractivity contribution < 1.29 is 4.74 Å². The molecule has 0 aliphatic carbocycles. The third-order valence-corrected chi connectivity index (χ3v) is 5.64. The summed E-state index contributed by atoms with van der Waals surface area (Å²) < 4.78 is 5.51. The molecule has 0 saturated carbocycles. The average molecular weight is 366 g/mol. The fourth-order valence-corrected chi connectivity index (χ4v) is 4.32. The number of rotatable bonds is 6. The predicted molar refractivity (Wildman–Crippen MR) is 111 cm³/mol. The monoisotopic (exact) mass is 365 g/mol. The molecule has 4 heteroatoms. The van der Waals surface area contributed by atoms with Gasteiger partial charge in [-0.2, -0.15) is 0 Å². The molecule has 2 aromatic rings. The summed E-state index contributed by atoms with van der Waals surface area (Å²) in [6.45, 7) is 8.09. The molecule has 2 aromatic carbocycles. The van der Waals surface area contributed by atoms with Gasteiger partial charge in [-0.25, -0.2) is 0 Å². The molecule has 2 heterocycles. The second kappa shape index (κ2) is 8.42. The number of anilines is 1. The molecule has 144 valence electrons. The van der Waals surface area contributed by atoms with Crippen molar-refractivity contribution in [2.24, 2.45) is 0 Å². The van der Waals surface area contributed by atoms with E-state index in [1.807, 2.05) is 0 Å². The standard InChI is InChI=1S/C23H31N3O/c1-24(2)15-19-7-9-20(10-8-19)16-26-18-21(17-25-11-13-27-14-12-25)22-5-3-4-6-23(22)26/h3-10,21H,11-18H2,1-2H3/t21-/m1/s1. The normalized spacial score (nSPS) is 20.3. The van der Waals surface area contributed by atoms with Crippen LogP contribution in [0.1, 0.15) is 22.6 Å². The van der Waals surface area contributed by atoms with Gasteiger partial charge in [0.15, 0.2) is 0 Å². The van der Waals surface area contributed by atoms with Crippen molar-refractivity contribution in [1.82, 2.24) is 9.80 Å². The third-order valence-electron chi connectivity index (χ3n) is 5.64. The maximum atomic E-state index is 5.51. The van der Waals surface area contributed by atoms with Gasteiger partial charge in [0.25, 0.3) is 0 Å². The van der Waals surface area contributed by atoms with Crippen molar-refractivity contribution in [1.29, 1.82) is 0 Å². The molecule has 2 aliphatic heterocycles. The first-order valence-electron chi connectivity index (χ1n) is 10.1. The molecule has 0 bridgehead atoms. The van der Waals surface area contributed by atoms with Crippen LogP contribution in [0.4, 0.5) is 5.69 Å². The zero-order valence-electron chi connectivity index (χ0n) is 16.6. The van der Waals surface area contributed by atoms with Gasteiger partial charge in [0, 0.05) is 50.9 Å². The summed E-state index contributed by atoms with van der Waals surface area (Å²) in [6.07, 6.45) is 0. The molecule has 0 amide bonds. The minimum Gasteiger partial charge on any atom is -0.379 e. The number of para-hydroxylation sites is 1. The van der Waals surface area contributed by atoms with Gasteiger partial charge in [-0.3, -0.25) is 4.90 Å². The third kappa shape index (κ3) is 4.52. The van der Waals surface area contributed by atoms with E-state index in [1.54, 1.807) is 0 Å². The first kappa shape index (κ1) is 18.5. The van der Waals surface area contributed by atoms with Gasteiger partial charge < -0.3 is 14.5 Å². The maximum Gasteiger partial charge on any atom is 0.0594 e. The molecule has 4 nitrogen and oxygen atoms in total. The zero-order valence-corrected chi connectivity index (χ0v) is 16.6. The number of morpholine rings is 1. The summed E-state index contributed by atoms with van der Waals surface area (Å²) >= 11 is 0. The highest BCUT2D eigenvalue weighted by atomic mass is 16.5. The molecule has 4 rings (SSSR count). The van der Waals surface area contributed by atoms with Gasteiger partial charge in [0.2, 0.25) is 0 Å². The zero-order chi connectivity index (χ0) is 18.6. The number of hydrogen-bond donors (Lipinski definition) is 0. The number of ether oxygens (including phenoxy) is 1. The van der Waals surface area contributed by atoms with Crippen LogP contribution in [-0.4, -0.2) is 63.3 Å². The fourth-order valence-electron chi connectivity index (χ4n) is 4.32. The lowest BCUT2D eigenvalue weighted by atomic mass is 10.0. The molecule has 0 spiro atoms. The highest BCUT2D eigenvalue weighted by Crippen LogP contribution is 2.37. The van der Waals surface area contributed by atoms with E-state index in [4.69, 9.17) is 4.74 Å². The minimum atomic E-state index is 0.590. The number of benzene rings is 2. The predicted octanol–water partition coefficient (Wildman–Crippen LogP) is 3.18. The van der Waals surface area contributed by atoms with Gasteiger partial charge in [-0.05, 0) is 36.9 Å². The van der Waals surface area contributed by atoms with Crippen molar-refractivity contribution in [3.8, 4) is 0 Å². The van der Waals surface area contributed by atoms with Gasteiger partial charge in [0.05, 0.1) is 13.2 Å². The van der Waals surface area contributed by atoms with E-state index >= 15 is 0 Å². The Morgan fingerprint density at radius 3 is 2.41 bits per heavy atom. The van der Waals surface area contributed by atoms with Crippen LogP contribution in [0.3, 0.4) is 0 Å². The molecular formula is C23H31N3O. The van der Waals surface area contributed by atoms with Crippen LogP contribution >= 0.6 is 0 Å². The second-order valence-electron chi connectivity index (χ2n) is 8.10. The Morgan fingerprint density at radius 1 is 0.963 bits per heavy atom. The van der Waals surface area contributed by atoms with Crippen LogP contribution in [0, 0.1) is 0 Å². The van der Waals surface area contributed by atoms with Crippen LogP contribution in [0.2, 0.25) is 0 Å². The maximum absolute atomic E-state index is 5.51. The molecule has 1 fully saturated rings. The Hall–Kier alpha value is -1.88. The molecule has 1 atom stereocenters. The number of fused-ring (bicyclic) bond motifs is 1. The Balaban J connectivity index is 1.45. The smallest absolute Gasteiger partial charge is 0.0594 e. The van der Waals surface area contributed by atoms with E-state index in [2.05, 4.69) is 77.3 Å². The van der Waals surface area contributed by atoms with E-state index in [0.29, 0.717) is 5.92 Å². The molecule has 0 aromatic heterocycles. The van der Waals surface area contributed by atoms with Gasteiger partial charge in [-0.1, -0.05) is 42.5 Å². The topological polar surface area (TPSA) is 19.0 Å². The van der Waals surface area contributed by atoms with Gasteiger partial charge in [0.1, 0.15) is 0 Å². The lowest BCUT2D eigenvalue weighted by Gasteiger charge is -2.29. The van der Waals surface area contributed by atoms with Crippen LogP contribution in [-0.2, 0) is 17.8 Å². The van der Waals surface area contributed by atoms with Crippen molar-refractivity contribution in [3.63, 3.8) is 0 Å². The highest BCUT2D eigenvalue weighted by molar-refractivity contribution is 5.60. The summed E-state index contributed by atoms with van der Waals surface area (Å²) in [6, 6.07) is 18.1. The molecule has 2 aliphatic rings. The van der Waals surface area contributed by atoms with Crippen LogP contribution in [0.15, 0.2) is 48.5 Å². The molecular weight excluding hydrogens is 334 g/mol. The summed E-state index contributed by atoms with van der Waals surface area (Å²) in [5.74, 6) is 0.590. The Bertz CT molecular complexity index is 738. The summed E-state index contributed by atoms with van der Waals surface area (Å²) in [4.78, 5) is 7.33. The van der Waals surface area contributed by atoms with E-state index in [1.165, 1.54) is 22.4 Å². The van der Waals surface area contributed by atoms with E-state index < -0.39 is 0 Å². The Labute approximate surface area is 163 Å².